The molecule has 0 spiro atoms. The van der Waals surface area contributed by atoms with Gasteiger partial charge in [-0.05, 0) is 44.6 Å². The van der Waals surface area contributed by atoms with Gasteiger partial charge in [0.2, 0.25) is 0 Å². The molecule has 0 fully saturated rings. The standard InChI is InChI=1S/C13H10BrP/c14-13-9-10-5-4-8-12(10)15(13)11-6-2-1-3-7-11/h1-7,9H,8H2. The molecule has 1 aromatic heterocycles. The molecular weight excluding hydrogens is 267 g/mol. The van der Waals surface area contributed by atoms with E-state index < -0.39 is 0 Å². The number of fused-ring (bicyclic) bond motifs is 1. The third kappa shape index (κ3) is 1.51. The molecule has 0 N–H and O–H groups in total. The first-order chi connectivity index (χ1) is 7.36. The van der Waals surface area contributed by atoms with Crippen molar-refractivity contribution in [2.45, 2.75) is 6.42 Å². The molecule has 0 nitrogen and oxygen atoms in total. The van der Waals surface area contributed by atoms with Gasteiger partial charge in [0.15, 0.2) is 0 Å². The van der Waals surface area contributed by atoms with Crippen LogP contribution < -0.4 is 0 Å². The lowest BCUT2D eigenvalue weighted by molar-refractivity contribution is 1.39. The lowest BCUT2D eigenvalue weighted by Gasteiger charge is -2.04. The molecule has 0 bridgehead atoms. The number of benzene rings is 1. The average Bonchev–Trinajstić information content (AvgIpc) is 2.78. The van der Waals surface area contributed by atoms with E-state index in [4.69, 9.17) is 0 Å². The second kappa shape index (κ2) is 3.66. The van der Waals surface area contributed by atoms with Crippen LogP contribution in [0.5, 0.6) is 0 Å². The fraction of sp³-hybridized carbons (Fsp3) is 0.0769. The third-order valence-electron chi connectivity index (χ3n) is 2.71. The molecule has 0 saturated carbocycles. The summed E-state index contributed by atoms with van der Waals surface area (Å²) in [5, 5.41) is 3.05. The first-order valence-corrected chi connectivity index (χ1v) is 7.12. The molecule has 1 heterocycles. The fourth-order valence-electron chi connectivity index (χ4n) is 2.04. The highest BCUT2D eigenvalue weighted by Crippen LogP contribution is 2.54. The van der Waals surface area contributed by atoms with Crippen molar-refractivity contribution in [2.75, 3.05) is 0 Å². The van der Waals surface area contributed by atoms with Crippen LogP contribution in [0.1, 0.15) is 10.9 Å². The Morgan fingerprint density at radius 3 is 2.73 bits per heavy atom. The van der Waals surface area contributed by atoms with E-state index in [1.165, 1.54) is 15.1 Å². The summed E-state index contributed by atoms with van der Waals surface area (Å²) in [6.07, 6.45) is 5.63. The molecule has 3 rings (SSSR count). The number of halogens is 1. The molecule has 1 atom stereocenters. The van der Waals surface area contributed by atoms with Crippen molar-refractivity contribution >= 4 is 29.5 Å². The van der Waals surface area contributed by atoms with Crippen LogP contribution in [0.15, 0.2) is 46.7 Å². The minimum atomic E-state index is -0.247. The summed E-state index contributed by atoms with van der Waals surface area (Å²) in [6, 6.07) is 13.1. The summed E-state index contributed by atoms with van der Waals surface area (Å²) < 4.78 is 1.36. The number of allylic oxidation sites excluding steroid dienone is 1. The Morgan fingerprint density at radius 2 is 1.93 bits per heavy atom. The van der Waals surface area contributed by atoms with Crippen LogP contribution in [-0.2, 0) is 6.42 Å². The van der Waals surface area contributed by atoms with Crippen molar-refractivity contribution in [1.29, 1.82) is 0 Å². The maximum Gasteiger partial charge on any atom is 0.0421 e. The van der Waals surface area contributed by atoms with Crippen molar-refractivity contribution in [1.82, 2.24) is 0 Å². The van der Waals surface area contributed by atoms with E-state index in [0.717, 1.165) is 6.42 Å². The number of hydrogen-bond donors (Lipinski definition) is 0. The minimum absolute atomic E-state index is 0.247. The molecule has 15 heavy (non-hydrogen) atoms. The first kappa shape index (κ1) is 9.45. The molecule has 1 aromatic carbocycles. The summed E-state index contributed by atoms with van der Waals surface area (Å²) in [6.45, 7) is 0. The molecule has 2 aromatic rings. The molecule has 1 unspecified atom stereocenters. The zero-order valence-electron chi connectivity index (χ0n) is 8.15. The van der Waals surface area contributed by atoms with Gasteiger partial charge in [0.1, 0.15) is 0 Å². The van der Waals surface area contributed by atoms with E-state index in [9.17, 15) is 0 Å². The van der Waals surface area contributed by atoms with Gasteiger partial charge in [0.05, 0.1) is 0 Å². The van der Waals surface area contributed by atoms with Crippen LogP contribution in [0.3, 0.4) is 0 Å². The Kier molecular flexibility index (Phi) is 2.31. The van der Waals surface area contributed by atoms with Crippen LogP contribution in [0.4, 0.5) is 0 Å². The Balaban J connectivity index is 2.22. The highest BCUT2D eigenvalue weighted by Gasteiger charge is 2.16. The van der Waals surface area contributed by atoms with Gasteiger partial charge in [-0.25, -0.2) is 0 Å². The molecule has 0 amide bonds. The van der Waals surface area contributed by atoms with E-state index in [2.05, 4.69) is 64.5 Å². The number of rotatable bonds is 1. The van der Waals surface area contributed by atoms with Gasteiger partial charge in [0.25, 0.3) is 0 Å². The predicted octanol–water partition coefficient (Wildman–Crippen LogP) is 4.99. The van der Waals surface area contributed by atoms with Crippen LogP contribution in [0.25, 0.3) is 11.4 Å². The highest BCUT2D eigenvalue weighted by molar-refractivity contribution is 9.11. The van der Waals surface area contributed by atoms with Crippen molar-refractivity contribution in [2.24, 2.45) is 0 Å². The van der Waals surface area contributed by atoms with E-state index in [1.54, 1.807) is 5.30 Å². The van der Waals surface area contributed by atoms with Gasteiger partial charge in [-0.15, -0.1) is 0 Å². The lowest BCUT2D eigenvalue weighted by atomic mass is 10.3. The maximum atomic E-state index is 3.71. The van der Waals surface area contributed by atoms with Gasteiger partial charge >= 0.3 is 0 Å². The monoisotopic (exact) mass is 276 g/mol. The number of hydrogen-bond acceptors (Lipinski definition) is 0. The van der Waals surface area contributed by atoms with Gasteiger partial charge in [0, 0.05) is 4.20 Å². The lowest BCUT2D eigenvalue weighted by Crippen LogP contribution is -1.72. The summed E-state index contributed by atoms with van der Waals surface area (Å²) in [5.41, 5.74) is 1.43. The van der Waals surface area contributed by atoms with Crippen LogP contribution in [0, 0.1) is 0 Å². The SMILES string of the molecule is Brc1cc2c(p1-c1ccccc1)CC=C2. The molecule has 0 radical (unpaired) electrons. The van der Waals surface area contributed by atoms with E-state index >= 15 is 0 Å². The normalized spacial score (nSPS) is 14.3. The molecule has 2 heteroatoms. The molecule has 1 aliphatic carbocycles. The molecule has 0 saturated heterocycles. The van der Waals surface area contributed by atoms with Crippen molar-refractivity contribution in [3.05, 3.63) is 57.5 Å². The second-order valence-electron chi connectivity index (χ2n) is 3.65. The summed E-state index contributed by atoms with van der Waals surface area (Å²) in [7, 11) is -0.247. The smallest absolute Gasteiger partial charge is 0.0421 e. The third-order valence-corrected chi connectivity index (χ3v) is 6.36. The zero-order chi connectivity index (χ0) is 10.3. The first-order valence-electron chi connectivity index (χ1n) is 4.98. The minimum Gasteiger partial charge on any atom is -0.0791 e. The Hall–Kier alpha value is -0.780. The van der Waals surface area contributed by atoms with Crippen LogP contribution >= 0.6 is 23.5 Å². The molecule has 0 aliphatic heterocycles. The topological polar surface area (TPSA) is 0 Å². The molecule has 74 valence electrons. The van der Waals surface area contributed by atoms with Crippen LogP contribution in [-0.4, -0.2) is 0 Å². The van der Waals surface area contributed by atoms with E-state index in [-0.39, 0.29) is 7.53 Å². The maximum absolute atomic E-state index is 3.71. The van der Waals surface area contributed by atoms with Crippen molar-refractivity contribution < 1.29 is 0 Å². The molecule has 1 aliphatic rings. The van der Waals surface area contributed by atoms with Gasteiger partial charge in [-0.2, -0.15) is 0 Å². The average molecular weight is 277 g/mol. The largest absolute Gasteiger partial charge is 0.0791 e. The van der Waals surface area contributed by atoms with E-state index in [0.29, 0.717) is 0 Å². The Morgan fingerprint density at radius 1 is 1.13 bits per heavy atom. The molecular formula is C13H10BrP. The van der Waals surface area contributed by atoms with Gasteiger partial charge in [-0.3, -0.25) is 0 Å². The highest BCUT2D eigenvalue weighted by atomic mass is 79.9. The van der Waals surface area contributed by atoms with Crippen molar-refractivity contribution in [3.8, 4) is 5.30 Å². The Labute approximate surface area is 98.8 Å². The Bertz CT molecular complexity index is 523. The van der Waals surface area contributed by atoms with Crippen LogP contribution in [0.2, 0.25) is 0 Å². The zero-order valence-corrected chi connectivity index (χ0v) is 10.6. The van der Waals surface area contributed by atoms with Gasteiger partial charge < -0.3 is 0 Å². The van der Waals surface area contributed by atoms with Gasteiger partial charge in [-0.1, -0.05) is 50.0 Å². The van der Waals surface area contributed by atoms with Crippen molar-refractivity contribution in [3.63, 3.8) is 0 Å². The summed E-state index contributed by atoms with van der Waals surface area (Å²) in [5.74, 6) is 0. The second-order valence-corrected chi connectivity index (χ2v) is 7.32. The predicted molar refractivity (Wildman–Crippen MR) is 70.9 cm³/mol. The quantitative estimate of drug-likeness (QED) is 0.688. The fourth-order valence-corrected chi connectivity index (χ4v) is 5.78. The summed E-state index contributed by atoms with van der Waals surface area (Å²) >= 11 is 3.71. The van der Waals surface area contributed by atoms with E-state index in [1.807, 2.05) is 0 Å². The summed E-state index contributed by atoms with van der Waals surface area (Å²) in [4.78, 5) is 0.